The van der Waals surface area contributed by atoms with Crippen molar-refractivity contribution < 1.29 is 22.4 Å². The zero-order chi connectivity index (χ0) is 21.4. The fraction of sp³-hybridized carbons (Fsp3) is 0.412. The number of rotatable bonds is 9. The maximum absolute atomic E-state index is 14.1. The number of hydrazine groups is 1. The Morgan fingerprint density at radius 1 is 1.45 bits per heavy atom. The Morgan fingerprint density at radius 2 is 2.21 bits per heavy atom. The van der Waals surface area contributed by atoms with Gasteiger partial charge in [0.05, 0.1) is 18.3 Å². The standard InChI is InChI=1S/C17H21F4N7O/c1-23-16(29)15-11-28(26-25-15)8-5-13(18)10-27(22)7-2-3-14-9-12(4-6-24-14)17(19,20)21/h2,4,6-7,9,11,13H,3,5,8,10,22H2,1H3,(H,23,29)/b7-2+. The van der Waals surface area contributed by atoms with Crippen LogP contribution < -0.4 is 11.2 Å². The molecule has 2 aromatic rings. The van der Waals surface area contributed by atoms with Crippen LogP contribution in [0, 0.1) is 0 Å². The van der Waals surface area contributed by atoms with Gasteiger partial charge in [0, 0.05) is 44.5 Å². The van der Waals surface area contributed by atoms with Gasteiger partial charge in [-0.3, -0.25) is 14.5 Å². The second kappa shape index (κ2) is 9.96. The highest BCUT2D eigenvalue weighted by Gasteiger charge is 2.30. The summed E-state index contributed by atoms with van der Waals surface area (Å²) in [5, 5.41) is 10.9. The molecule has 0 saturated carbocycles. The molecule has 1 atom stereocenters. The minimum absolute atomic E-state index is 0.0905. The van der Waals surface area contributed by atoms with Gasteiger partial charge in [-0.1, -0.05) is 11.3 Å². The fourth-order valence-electron chi connectivity index (χ4n) is 2.37. The molecule has 0 radical (unpaired) electrons. The number of pyridine rings is 1. The molecule has 8 nitrogen and oxygen atoms in total. The minimum atomic E-state index is -4.44. The molecule has 0 saturated heterocycles. The number of nitrogens with zero attached hydrogens (tertiary/aromatic N) is 5. The third-order valence-electron chi connectivity index (χ3n) is 3.85. The molecule has 0 aliphatic heterocycles. The van der Waals surface area contributed by atoms with Crippen molar-refractivity contribution in [3.05, 3.63) is 53.8 Å². The van der Waals surface area contributed by atoms with Crippen molar-refractivity contribution >= 4 is 5.91 Å². The van der Waals surface area contributed by atoms with Gasteiger partial charge >= 0.3 is 6.18 Å². The van der Waals surface area contributed by atoms with Crippen molar-refractivity contribution in [2.45, 2.75) is 31.7 Å². The molecule has 0 bridgehead atoms. The molecular formula is C17H21F4N7O. The Kier molecular flexibility index (Phi) is 7.65. The van der Waals surface area contributed by atoms with E-state index in [2.05, 4.69) is 20.6 Å². The lowest BCUT2D eigenvalue weighted by atomic mass is 10.2. The summed E-state index contributed by atoms with van der Waals surface area (Å²) >= 11 is 0. The Bertz CT molecular complexity index is 837. The molecule has 12 heteroatoms. The number of aromatic nitrogens is 4. The number of alkyl halides is 4. The van der Waals surface area contributed by atoms with E-state index < -0.39 is 17.9 Å². The number of amides is 1. The normalized spacial score (nSPS) is 12.9. The molecule has 158 valence electrons. The van der Waals surface area contributed by atoms with Crippen molar-refractivity contribution in [1.29, 1.82) is 0 Å². The third kappa shape index (κ3) is 7.14. The van der Waals surface area contributed by atoms with Gasteiger partial charge in [0.25, 0.3) is 5.91 Å². The number of aryl methyl sites for hydroxylation is 1. The quantitative estimate of drug-likeness (QED) is 0.367. The summed E-state index contributed by atoms with van der Waals surface area (Å²) < 4.78 is 53.4. The second-order valence-electron chi connectivity index (χ2n) is 6.15. The summed E-state index contributed by atoms with van der Waals surface area (Å²) in [6.45, 7) is 0.0837. The van der Waals surface area contributed by atoms with Crippen molar-refractivity contribution in [1.82, 2.24) is 30.3 Å². The van der Waals surface area contributed by atoms with Crippen LogP contribution in [0.4, 0.5) is 17.6 Å². The number of halogens is 4. The van der Waals surface area contributed by atoms with E-state index in [4.69, 9.17) is 5.84 Å². The number of carbonyl (C=O) groups excluding carboxylic acids is 1. The van der Waals surface area contributed by atoms with Crippen LogP contribution in [0.25, 0.3) is 0 Å². The van der Waals surface area contributed by atoms with Gasteiger partial charge in [-0.05, 0) is 12.1 Å². The molecule has 2 heterocycles. The van der Waals surface area contributed by atoms with E-state index in [0.717, 1.165) is 23.3 Å². The van der Waals surface area contributed by atoms with E-state index in [1.165, 1.54) is 30.2 Å². The molecule has 3 N–H and O–H groups in total. The molecule has 0 spiro atoms. The first-order chi connectivity index (χ1) is 13.7. The zero-order valence-corrected chi connectivity index (χ0v) is 15.6. The van der Waals surface area contributed by atoms with Crippen molar-refractivity contribution in [2.75, 3.05) is 13.6 Å². The monoisotopic (exact) mass is 415 g/mol. The molecule has 0 fully saturated rings. The lowest BCUT2D eigenvalue weighted by molar-refractivity contribution is -0.137. The minimum Gasteiger partial charge on any atom is -0.354 e. The van der Waals surface area contributed by atoms with Gasteiger partial charge in [0.2, 0.25) is 0 Å². The Balaban J connectivity index is 1.77. The van der Waals surface area contributed by atoms with E-state index in [1.54, 1.807) is 0 Å². The van der Waals surface area contributed by atoms with Gasteiger partial charge < -0.3 is 10.3 Å². The first kappa shape index (κ1) is 22.3. The average molecular weight is 415 g/mol. The summed E-state index contributed by atoms with van der Waals surface area (Å²) in [6.07, 6.45) is -0.131. The van der Waals surface area contributed by atoms with Crippen LogP contribution in [0.1, 0.15) is 28.2 Å². The second-order valence-corrected chi connectivity index (χ2v) is 6.15. The smallest absolute Gasteiger partial charge is 0.354 e. The molecule has 1 unspecified atom stereocenters. The van der Waals surface area contributed by atoms with E-state index in [-0.39, 0.29) is 43.2 Å². The number of allylic oxidation sites excluding steroid dienone is 1. The molecule has 0 aromatic carbocycles. The molecule has 2 aromatic heterocycles. The van der Waals surface area contributed by atoms with Gasteiger partial charge in [-0.2, -0.15) is 13.2 Å². The lowest BCUT2D eigenvalue weighted by Crippen LogP contribution is -2.32. The van der Waals surface area contributed by atoms with Crippen LogP contribution in [0.2, 0.25) is 0 Å². The first-order valence-electron chi connectivity index (χ1n) is 8.65. The molecule has 29 heavy (non-hydrogen) atoms. The predicted molar refractivity (Wildman–Crippen MR) is 95.9 cm³/mol. The number of hydrogen-bond donors (Lipinski definition) is 2. The van der Waals surface area contributed by atoms with E-state index in [9.17, 15) is 22.4 Å². The van der Waals surface area contributed by atoms with Crippen LogP contribution in [-0.4, -0.2) is 50.7 Å². The van der Waals surface area contributed by atoms with Crippen molar-refractivity contribution in [3.63, 3.8) is 0 Å². The van der Waals surface area contributed by atoms with Crippen molar-refractivity contribution in [3.8, 4) is 0 Å². The lowest BCUT2D eigenvalue weighted by Gasteiger charge is -2.16. The Morgan fingerprint density at radius 3 is 2.90 bits per heavy atom. The van der Waals surface area contributed by atoms with Crippen LogP contribution >= 0.6 is 0 Å². The number of carbonyl (C=O) groups is 1. The summed E-state index contributed by atoms with van der Waals surface area (Å²) in [5.41, 5.74) is -0.425. The Labute approximate surface area is 164 Å². The van der Waals surface area contributed by atoms with Gasteiger partial charge in [0.15, 0.2) is 5.69 Å². The molecule has 2 rings (SSSR count). The van der Waals surface area contributed by atoms with Gasteiger partial charge in [-0.25, -0.2) is 10.2 Å². The molecule has 0 aliphatic rings. The highest BCUT2D eigenvalue weighted by molar-refractivity contribution is 5.91. The van der Waals surface area contributed by atoms with Gasteiger partial charge in [-0.15, -0.1) is 5.10 Å². The maximum atomic E-state index is 14.1. The summed E-state index contributed by atoms with van der Waals surface area (Å²) in [5.74, 6) is 5.30. The number of hydrogen-bond acceptors (Lipinski definition) is 6. The van der Waals surface area contributed by atoms with Crippen LogP contribution in [-0.2, 0) is 19.1 Å². The fourth-order valence-corrected chi connectivity index (χ4v) is 2.37. The van der Waals surface area contributed by atoms with Gasteiger partial charge in [0.1, 0.15) is 6.17 Å². The molecule has 1 amide bonds. The van der Waals surface area contributed by atoms with E-state index in [0.29, 0.717) is 0 Å². The number of nitrogens with two attached hydrogens (primary N) is 1. The summed E-state index contributed by atoms with van der Waals surface area (Å²) in [4.78, 5) is 15.3. The highest BCUT2D eigenvalue weighted by Crippen LogP contribution is 2.29. The summed E-state index contributed by atoms with van der Waals surface area (Å²) in [7, 11) is 1.46. The third-order valence-corrected chi connectivity index (χ3v) is 3.85. The van der Waals surface area contributed by atoms with Crippen LogP contribution in [0.3, 0.4) is 0 Å². The van der Waals surface area contributed by atoms with E-state index in [1.807, 2.05) is 0 Å². The van der Waals surface area contributed by atoms with Crippen LogP contribution in [0.5, 0.6) is 0 Å². The van der Waals surface area contributed by atoms with E-state index >= 15 is 0 Å². The predicted octanol–water partition coefficient (Wildman–Crippen LogP) is 1.71. The summed E-state index contributed by atoms with van der Waals surface area (Å²) in [6, 6.07) is 1.84. The Hall–Kier alpha value is -3.02. The van der Waals surface area contributed by atoms with Crippen LogP contribution in [0.15, 0.2) is 36.8 Å². The molecule has 0 aliphatic carbocycles. The number of nitrogens with one attached hydrogen (secondary N) is 1. The first-order valence-corrected chi connectivity index (χ1v) is 8.65. The largest absolute Gasteiger partial charge is 0.416 e. The van der Waals surface area contributed by atoms with Crippen molar-refractivity contribution in [2.24, 2.45) is 5.84 Å². The average Bonchev–Trinajstić information content (AvgIpc) is 3.14. The maximum Gasteiger partial charge on any atom is 0.416 e. The molecular weight excluding hydrogens is 394 g/mol. The SMILES string of the molecule is CNC(=O)c1cn(CCC(F)CN(N)/C=C/Cc2cc(C(F)(F)F)ccn2)nn1. The zero-order valence-electron chi connectivity index (χ0n) is 15.6. The highest BCUT2D eigenvalue weighted by atomic mass is 19.4. The topological polar surface area (TPSA) is 102 Å².